The number of hydrogen-bond donors (Lipinski definition) is 0. The Morgan fingerprint density at radius 2 is 1.06 bits per heavy atom. The van der Waals surface area contributed by atoms with E-state index in [4.69, 9.17) is 11.2 Å². The van der Waals surface area contributed by atoms with Gasteiger partial charge in [0.1, 0.15) is 0 Å². The first-order valence-corrected chi connectivity index (χ1v) is 8.34. The molecule has 0 aliphatic carbocycles. The molecule has 0 radical (unpaired) electrons. The summed E-state index contributed by atoms with van der Waals surface area (Å²) in [5.41, 5.74) is 5.26. The number of halogens is 1. The standard InChI is InChI=1S/C16H18ClP/c1-11-5-7-15(9-13(11)3)18(17)16-8-6-12(2)14(4)10-16/h5-10H,1-4H3. The molecule has 0 aliphatic rings. The maximum Gasteiger partial charge on any atom is 0.0524 e. The average molecular weight is 277 g/mol. The van der Waals surface area contributed by atoms with E-state index in [1.165, 1.54) is 32.9 Å². The molecule has 0 N–H and O–H groups in total. The molecular weight excluding hydrogens is 259 g/mol. The lowest BCUT2D eigenvalue weighted by Gasteiger charge is -2.13. The number of rotatable bonds is 2. The van der Waals surface area contributed by atoms with Gasteiger partial charge >= 0.3 is 0 Å². The molecule has 0 nitrogen and oxygen atoms in total. The van der Waals surface area contributed by atoms with Crippen LogP contribution in [0.15, 0.2) is 36.4 Å². The van der Waals surface area contributed by atoms with Crippen LogP contribution in [0.1, 0.15) is 22.3 Å². The van der Waals surface area contributed by atoms with Crippen LogP contribution in [0.2, 0.25) is 0 Å². The lowest BCUT2D eigenvalue weighted by Crippen LogP contribution is -2.09. The topological polar surface area (TPSA) is 0 Å². The summed E-state index contributed by atoms with van der Waals surface area (Å²) in [5, 5.41) is 2.47. The summed E-state index contributed by atoms with van der Waals surface area (Å²) < 4.78 is 0. The van der Waals surface area contributed by atoms with Crippen LogP contribution in [0, 0.1) is 27.7 Å². The van der Waals surface area contributed by atoms with Crippen molar-refractivity contribution in [1.29, 1.82) is 0 Å². The van der Waals surface area contributed by atoms with Crippen molar-refractivity contribution in [2.24, 2.45) is 0 Å². The SMILES string of the molecule is Cc1ccc(P(Cl)c2ccc(C)c(C)c2)cc1C. The second-order valence-corrected chi connectivity index (χ2v) is 7.43. The van der Waals surface area contributed by atoms with Crippen molar-refractivity contribution in [1.82, 2.24) is 0 Å². The zero-order valence-electron chi connectivity index (χ0n) is 11.3. The van der Waals surface area contributed by atoms with Gasteiger partial charge in [-0.1, -0.05) is 35.5 Å². The minimum atomic E-state index is -0.756. The fourth-order valence-corrected chi connectivity index (χ4v) is 3.80. The fraction of sp³-hybridized carbons (Fsp3) is 0.250. The molecule has 2 aromatic rings. The molecular formula is C16H18ClP. The Kier molecular flexibility index (Phi) is 4.10. The second kappa shape index (κ2) is 5.43. The van der Waals surface area contributed by atoms with Gasteiger partial charge in [0, 0.05) is 0 Å². The van der Waals surface area contributed by atoms with E-state index in [1.54, 1.807) is 0 Å². The maximum atomic E-state index is 6.65. The Morgan fingerprint density at radius 1 is 0.667 bits per heavy atom. The van der Waals surface area contributed by atoms with Gasteiger partial charge in [-0.2, -0.15) is 0 Å². The maximum absolute atomic E-state index is 6.65. The molecule has 2 rings (SSSR count). The first kappa shape index (κ1) is 13.6. The molecule has 0 amide bonds. The molecule has 0 fully saturated rings. The van der Waals surface area contributed by atoms with Crippen LogP contribution in [-0.2, 0) is 0 Å². The van der Waals surface area contributed by atoms with Crippen LogP contribution >= 0.6 is 18.5 Å². The Labute approximate surface area is 116 Å². The molecule has 94 valence electrons. The largest absolute Gasteiger partial charge is 0.0859 e. The number of hydrogen-bond acceptors (Lipinski definition) is 0. The molecule has 2 aromatic carbocycles. The molecule has 0 spiro atoms. The third-order valence-electron chi connectivity index (χ3n) is 3.43. The van der Waals surface area contributed by atoms with E-state index in [1.807, 2.05) is 0 Å². The molecule has 2 heteroatoms. The summed E-state index contributed by atoms with van der Waals surface area (Å²) in [6.07, 6.45) is 0. The highest BCUT2D eigenvalue weighted by molar-refractivity contribution is 7.95. The van der Waals surface area contributed by atoms with E-state index < -0.39 is 7.27 Å². The Morgan fingerprint density at radius 3 is 1.39 bits per heavy atom. The molecule has 0 saturated heterocycles. The van der Waals surface area contributed by atoms with E-state index in [-0.39, 0.29) is 0 Å². The third-order valence-corrected chi connectivity index (χ3v) is 6.07. The smallest absolute Gasteiger partial charge is 0.0524 e. The van der Waals surface area contributed by atoms with Gasteiger partial charge < -0.3 is 0 Å². The van der Waals surface area contributed by atoms with Gasteiger partial charge in [0.15, 0.2) is 0 Å². The number of benzene rings is 2. The van der Waals surface area contributed by atoms with Gasteiger partial charge in [0.05, 0.1) is 7.27 Å². The monoisotopic (exact) mass is 276 g/mol. The van der Waals surface area contributed by atoms with Crippen LogP contribution in [0.3, 0.4) is 0 Å². The van der Waals surface area contributed by atoms with Crippen LogP contribution in [-0.4, -0.2) is 0 Å². The second-order valence-electron chi connectivity index (χ2n) is 4.82. The van der Waals surface area contributed by atoms with Gasteiger partial charge in [-0.3, -0.25) is 0 Å². The van der Waals surface area contributed by atoms with Gasteiger partial charge in [0.25, 0.3) is 0 Å². The minimum absolute atomic E-state index is 0.756. The Hall–Kier alpha value is -0.840. The van der Waals surface area contributed by atoms with E-state index in [0.717, 1.165) is 0 Å². The molecule has 18 heavy (non-hydrogen) atoms. The number of aryl methyl sites for hydroxylation is 4. The summed E-state index contributed by atoms with van der Waals surface area (Å²) in [6.45, 7) is 8.54. The van der Waals surface area contributed by atoms with Gasteiger partial charge in [-0.25, -0.2) is 0 Å². The fourth-order valence-electron chi connectivity index (χ4n) is 1.84. The first-order chi connectivity index (χ1) is 8.49. The zero-order valence-corrected chi connectivity index (χ0v) is 12.9. The normalized spacial score (nSPS) is 11.0. The van der Waals surface area contributed by atoms with Gasteiger partial charge in [-0.15, -0.1) is 0 Å². The predicted octanol–water partition coefficient (Wildman–Crippen LogP) is 4.51. The lowest BCUT2D eigenvalue weighted by molar-refractivity contribution is 1.35. The van der Waals surface area contributed by atoms with E-state index >= 15 is 0 Å². The Balaban J connectivity index is 2.37. The van der Waals surface area contributed by atoms with Crippen molar-refractivity contribution in [3.8, 4) is 0 Å². The summed E-state index contributed by atoms with van der Waals surface area (Å²) in [6, 6.07) is 13.0. The van der Waals surface area contributed by atoms with Crippen molar-refractivity contribution in [3.63, 3.8) is 0 Å². The first-order valence-electron chi connectivity index (χ1n) is 6.09. The van der Waals surface area contributed by atoms with Crippen molar-refractivity contribution in [3.05, 3.63) is 58.7 Å². The quantitative estimate of drug-likeness (QED) is 0.708. The summed E-state index contributed by atoms with van der Waals surface area (Å²) >= 11 is 6.65. The van der Waals surface area contributed by atoms with Crippen LogP contribution < -0.4 is 10.6 Å². The molecule has 0 aromatic heterocycles. The van der Waals surface area contributed by atoms with Gasteiger partial charge in [0.2, 0.25) is 0 Å². The average Bonchev–Trinajstić information content (AvgIpc) is 2.35. The minimum Gasteiger partial charge on any atom is -0.0859 e. The van der Waals surface area contributed by atoms with Crippen LogP contribution in [0.25, 0.3) is 0 Å². The van der Waals surface area contributed by atoms with E-state index in [2.05, 4.69) is 64.1 Å². The molecule has 0 heterocycles. The summed E-state index contributed by atoms with van der Waals surface area (Å²) in [7, 11) is -0.756. The van der Waals surface area contributed by atoms with Crippen molar-refractivity contribution in [2.45, 2.75) is 27.7 Å². The lowest BCUT2D eigenvalue weighted by atomic mass is 10.1. The molecule has 0 saturated carbocycles. The van der Waals surface area contributed by atoms with Gasteiger partial charge in [-0.05, 0) is 72.7 Å². The Bertz CT molecular complexity index is 524. The third kappa shape index (κ3) is 2.76. The highest BCUT2D eigenvalue weighted by Crippen LogP contribution is 2.39. The predicted molar refractivity (Wildman–Crippen MR) is 83.9 cm³/mol. The molecule has 0 bridgehead atoms. The zero-order chi connectivity index (χ0) is 13.3. The van der Waals surface area contributed by atoms with Crippen molar-refractivity contribution >= 4 is 29.1 Å². The molecule has 0 aliphatic heterocycles. The van der Waals surface area contributed by atoms with E-state index in [0.29, 0.717) is 0 Å². The summed E-state index contributed by atoms with van der Waals surface area (Å²) in [4.78, 5) is 0. The molecule has 0 atom stereocenters. The highest BCUT2D eigenvalue weighted by atomic mass is 35.7. The van der Waals surface area contributed by atoms with E-state index in [9.17, 15) is 0 Å². The highest BCUT2D eigenvalue weighted by Gasteiger charge is 2.12. The molecule has 0 unspecified atom stereocenters. The van der Waals surface area contributed by atoms with Crippen molar-refractivity contribution < 1.29 is 0 Å². The summed E-state index contributed by atoms with van der Waals surface area (Å²) in [5.74, 6) is 0. The van der Waals surface area contributed by atoms with Crippen LogP contribution in [0.5, 0.6) is 0 Å². The van der Waals surface area contributed by atoms with Crippen LogP contribution in [0.4, 0.5) is 0 Å². The van der Waals surface area contributed by atoms with Crippen molar-refractivity contribution in [2.75, 3.05) is 0 Å².